The Hall–Kier alpha value is -2.46. The van der Waals surface area contributed by atoms with E-state index in [-0.39, 0.29) is 11.2 Å². The maximum absolute atomic E-state index is 13.5. The summed E-state index contributed by atoms with van der Waals surface area (Å²) in [5, 5.41) is 3.55. The van der Waals surface area contributed by atoms with E-state index in [4.69, 9.17) is 4.98 Å². The van der Waals surface area contributed by atoms with Crippen molar-refractivity contribution in [2.24, 2.45) is 5.41 Å². The van der Waals surface area contributed by atoms with Gasteiger partial charge in [-0.3, -0.25) is 4.79 Å². The molecule has 1 unspecified atom stereocenters. The van der Waals surface area contributed by atoms with E-state index in [2.05, 4.69) is 53.6 Å². The summed E-state index contributed by atoms with van der Waals surface area (Å²) in [7, 11) is 0. The van der Waals surface area contributed by atoms with E-state index >= 15 is 0 Å². The molecule has 0 spiro atoms. The van der Waals surface area contributed by atoms with Crippen LogP contribution < -0.4 is 5.32 Å². The lowest BCUT2D eigenvalue weighted by Crippen LogP contribution is -2.30. The summed E-state index contributed by atoms with van der Waals surface area (Å²) in [5.41, 5.74) is 5.77. The molecule has 2 aromatic heterocycles. The molecule has 0 bridgehead atoms. The van der Waals surface area contributed by atoms with Gasteiger partial charge in [0.05, 0.1) is 22.3 Å². The summed E-state index contributed by atoms with van der Waals surface area (Å²) in [6, 6.07) is 13.0. The lowest BCUT2D eigenvalue weighted by Gasteiger charge is -2.31. The molecule has 0 radical (unpaired) electrons. The number of aromatic amines is 1. The molecule has 168 valence electrons. The van der Waals surface area contributed by atoms with Gasteiger partial charge in [0.15, 0.2) is 5.78 Å². The quantitative estimate of drug-likeness (QED) is 0.458. The van der Waals surface area contributed by atoms with E-state index in [0.29, 0.717) is 5.92 Å². The molecule has 3 aromatic rings. The minimum Gasteiger partial charge on any atom is -0.359 e. The lowest BCUT2D eigenvalue weighted by molar-refractivity contribution is 0.0751. The highest BCUT2D eigenvalue weighted by molar-refractivity contribution is 6.09. The molecule has 3 heterocycles. The van der Waals surface area contributed by atoms with Crippen LogP contribution in [0.3, 0.4) is 0 Å². The van der Waals surface area contributed by atoms with Gasteiger partial charge in [0.1, 0.15) is 0 Å². The SMILES string of the molecule is CC1(C(=O)c2c[nH]c3ccc(-c4cccc(C5CCCCNCC5)c4)nc23)CCCCC1. The average Bonchev–Trinajstić information content (AvgIpc) is 3.22. The number of nitrogens with zero attached hydrogens (tertiary/aromatic N) is 1. The van der Waals surface area contributed by atoms with E-state index in [1.807, 2.05) is 6.20 Å². The van der Waals surface area contributed by atoms with Crippen LogP contribution in [-0.4, -0.2) is 28.8 Å². The number of pyridine rings is 1. The Morgan fingerprint density at radius 2 is 1.88 bits per heavy atom. The average molecular weight is 430 g/mol. The maximum Gasteiger partial charge on any atom is 0.172 e. The zero-order chi connectivity index (χ0) is 22.0. The third-order valence-corrected chi connectivity index (χ3v) is 7.75. The molecule has 1 aromatic carbocycles. The van der Waals surface area contributed by atoms with Crippen molar-refractivity contribution >= 4 is 16.8 Å². The van der Waals surface area contributed by atoms with Crippen LogP contribution >= 0.6 is 0 Å². The molecule has 1 aliphatic heterocycles. The van der Waals surface area contributed by atoms with Crippen LogP contribution in [0.15, 0.2) is 42.6 Å². The minimum absolute atomic E-state index is 0.253. The van der Waals surface area contributed by atoms with Crippen LogP contribution in [0.5, 0.6) is 0 Å². The standard InChI is InChI=1S/C28H35N3O/c1-28(14-4-2-5-15-28)27(32)23-19-30-25-12-11-24(31-26(23)25)22-10-7-9-21(18-22)20-8-3-6-16-29-17-13-20/h7,9-12,18-20,29-30H,2-6,8,13-17H2,1H3. The smallest absolute Gasteiger partial charge is 0.172 e. The number of nitrogens with one attached hydrogen (secondary N) is 2. The maximum atomic E-state index is 13.5. The summed E-state index contributed by atoms with van der Waals surface area (Å²) in [5.74, 6) is 0.853. The van der Waals surface area contributed by atoms with Gasteiger partial charge in [0, 0.05) is 17.2 Å². The molecule has 4 nitrogen and oxygen atoms in total. The van der Waals surface area contributed by atoms with Crippen molar-refractivity contribution in [3.8, 4) is 11.3 Å². The molecule has 1 saturated carbocycles. The Morgan fingerprint density at radius 3 is 2.75 bits per heavy atom. The van der Waals surface area contributed by atoms with E-state index in [1.165, 1.54) is 37.7 Å². The van der Waals surface area contributed by atoms with Crippen molar-refractivity contribution in [3.05, 3.63) is 53.7 Å². The monoisotopic (exact) mass is 429 g/mol. The predicted molar refractivity (Wildman–Crippen MR) is 131 cm³/mol. The minimum atomic E-state index is -0.253. The summed E-state index contributed by atoms with van der Waals surface area (Å²) in [6.07, 6.45) is 12.4. The number of benzene rings is 1. The van der Waals surface area contributed by atoms with Crippen molar-refractivity contribution in [3.63, 3.8) is 0 Å². The highest BCUT2D eigenvalue weighted by Crippen LogP contribution is 2.40. The van der Waals surface area contributed by atoms with Crippen molar-refractivity contribution in [1.29, 1.82) is 0 Å². The molecule has 0 amide bonds. The summed E-state index contributed by atoms with van der Waals surface area (Å²) >= 11 is 0. The molecule has 5 rings (SSSR count). The van der Waals surface area contributed by atoms with E-state index in [1.54, 1.807) is 0 Å². The van der Waals surface area contributed by atoms with Crippen LogP contribution in [0, 0.1) is 5.41 Å². The van der Waals surface area contributed by atoms with Gasteiger partial charge < -0.3 is 10.3 Å². The second-order valence-corrected chi connectivity index (χ2v) is 10.1. The highest BCUT2D eigenvalue weighted by Gasteiger charge is 2.36. The lowest BCUT2D eigenvalue weighted by atomic mass is 9.71. The molecule has 2 aliphatic rings. The van der Waals surface area contributed by atoms with Crippen molar-refractivity contribution in [2.75, 3.05) is 13.1 Å². The second-order valence-electron chi connectivity index (χ2n) is 10.1. The largest absolute Gasteiger partial charge is 0.359 e. The number of aromatic nitrogens is 2. The van der Waals surface area contributed by atoms with Crippen molar-refractivity contribution in [2.45, 2.75) is 70.6 Å². The van der Waals surface area contributed by atoms with Gasteiger partial charge in [0.2, 0.25) is 0 Å². The topological polar surface area (TPSA) is 57.8 Å². The number of carbonyl (C=O) groups is 1. The number of fused-ring (bicyclic) bond motifs is 1. The Morgan fingerprint density at radius 1 is 1.00 bits per heavy atom. The van der Waals surface area contributed by atoms with Gasteiger partial charge in [0.25, 0.3) is 0 Å². The highest BCUT2D eigenvalue weighted by atomic mass is 16.1. The van der Waals surface area contributed by atoms with Crippen LogP contribution in [0.1, 0.15) is 86.6 Å². The van der Waals surface area contributed by atoms with Crippen LogP contribution in [0.2, 0.25) is 0 Å². The van der Waals surface area contributed by atoms with Crippen molar-refractivity contribution in [1.82, 2.24) is 15.3 Å². The van der Waals surface area contributed by atoms with Gasteiger partial charge in [-0.2, -0.15) is 0 Å². The Bertz CT molecular complexity index is 1090. The first kappa shape index (κ1) is 21.4. The van der Waals surface area contributed by atoms with Crippen molar-refractivity contribution < 1.29 is 4.79 Å². The fraction of sp³-hybridized carbons (Fsp3) is 0.500. The first-order valence-corrected chi connectivity index (χ1v) is 12.5. The summed E-state index contributed by atoms with van der Waals surface area (Å²) < 4.78 is 0. The molecule has 1 aliphatic carbocycles. The fourth-order valence-electron chi connectivity index (χ4n) is 5.69. The molecule has 1 atom stereocenters. The normalized spacial score (nSPS) is 21.7. The van der Waals surface area contributed by atoms with Crippen LogP contribution in [0.4, 0.5) is 0 Å². The first-order valence-electron chi connectivity index (χ1n) is 12.5. The van der Waals surface area contributed by atoms with Crippen LogP contribution in [0.25, 0.3) is 22.3 Å². The molecule has 1 saturated heterocycles. The Balaban J connectivity index is 1.46. The van der Waals surface area contributed by atoms with Gasteiger partial charge in [-0.05, 0) is 74.9 Å². The van der Waals surface area contributed by atoms with Gasteiger partial charge in [-0.15, -0.1) is 0 Å². The molecular formula is C28H35N3O. The number of Topliss-reactive ketones (excluding diaryl/α,β-unsaturated/α-hetero) is 1. The number of H-pyrrole nitrogens is 1. The molecule has 2 N–H and O–H groups in total. The summed E-state index contributed by atoms with van der Waals surface area (Å²) in [4.78, 5) is 21.8. The van der Waals surface area contributed by atoms with Gasteiger partial charge in [-0.25, -0.2) is 4.98 Å². The second kappa shape index (κ2) is 9.19. The van der Waals surface area contributed by atoms with E-state index in [9.17, 15) is 4.79 Å². The predicted octanol–water partition coefficient (Wildman–Crippen LogP) is 6.63. The van der Waals surface area contributed by atoms with Crippen LogP contribution in [-0.2, 0) is 0 Å². The first-order chi connectivity index (χ1) is 15.6. The van der Waals surface area contributed by atoms with E-state index in [0.717, 1.165) is 66.6 Å². The number of hydrogen-bond acceptors (Lipinski definition) is 3. The Kier molecular flexibility index (Phi) is 6.14. The molecular weight excluding hydrogens is 394 g/mol. The van der Waals surface area contributed by atoms with E-state index < -0.39 is 0 Å². The third kappa shape index (κ3) is 4.25. The Labute approximate surface area is 191 Å². The molecule has 4 heteroatoms. The van der Waals surface area contributed by atoms with Gasteiger partial charge >= 0.3 is 0 Å². The number of carbonyl (C=O) groups excluding carboxylic acids is 1. The number of ketones is 1. The number of hydrogen-bond donors (Lipinski definition) is 2. The fourth-order valence-corrected chi connectivity index (χ4v) is 5.69. The zero-order valence-electron chi connectivity index (χ0n) is 19.3. The number of rotatable bonds is 4. The summed E-state index contributed by atoms with van der Waals surface area (Å²) in [6.45, 7) is 4.38. The molecule has 2 fully saturated rings. The molecule has 32 heavy (non-hydrogen) atoms. The zero-order valence-corrected chi connectivity index (χ0v) is 19.3. The van der Waals surface area contributed by atoms with Gasteiger partial charge in [-0.1, -0.05) is 50.8 Å². The third-order valence-electron chi connectivity index (χ3n) is 7.75.